The Hall–Kier alpha value is -0.930. The van der Waals surface area contributed by atoms with Crippen LogP contribution in [0, 0.1) is 0 Å². The van der Waals surface area contributed by atoms with E-state index in [-0.39, 0.29) is 11.9 Å². The fourth-order valence-corrected chi connectivity index (χ4v) is 2.01. The highest BCUT2D eigenvalue weighted by molar-refractivity contribution is 6.37. The summed E-state index contributed by atoms with van der Waals surface area (Å²) in [6, 6.07) is 3.35. The number of rotatable bonds is 3. The van der Waals surface area contributed by atoms with Gasteiger partial charge in [-0.05, 0) is 26.0 Å². The van der Waals surface area contributed by atoms with Crippen molar-refractivity contribution in [2.24, 2.45) is 0 Å². The van der Waals surface area contributed by atoms with Crippen molar-refractivity contribution in [3.63, 3.8) is 0 Å². The number of nitrogens with one attached hydrogen (secondary N) is 1. The van der Waals surface area contributed by atoms with Gasteiger partial charge in [0.15, 0.2) is 0 Å². The van der Waals surface area contributed by atoms with Crippen LogP contribution in [0.5, 0.6) is 0 Å². The molecule has 1 amide bonds. The lowest BCUT2D eigenvalue weighted by Gasteiger charge is -2.23. The summed E-state index contributed by atoms with van der Waals surface area (Å²) >= 11 is 12.0. The molecule has 0 fully saturated rings. The maximum absolute atomic E-state index is 12.2. The van der Waals surface area contributed by atoms with E-state index in [1.165, 1.54) is 0 Å². The second-order valence-corrected chi connectivity index (χ2v) is 4.91. The molecule has 0 atom stereocenters. The number of carbonyl (C=O) groups excluding carboxylic acids is 1. The van der Waals surface area contributed by atoms with Gasteiger partial charge in [0, 0.05) is 25.2 Å². The number of anilines is 1. The molecule has 0 aliphatic rings. The molecule has 0 aromatic heterocycles. The Morgan fingerprint density at radius 2 is 1.94 bits per heavy atom. The summed E-state index contributed by atoms with van der Waals surface area (Å²) in [7, 11) is 3.47. The Balaban J connectivity index is 3.25. The third-order valence-corrected chi connectivity index (χ3v) is 3.15. The van der Waals surface area contributed by atoms with Crippen LogP contribution >= 0.6 is 23.2 Å². The maximum atomic E-state index is 12.2. The summed E-state index contributed by atoms with van der Waals surface area (Å²) in [6.45, 7) is 3.90. The van der Waals surface area contributed by atoms with E-state index in [9.17, 15) is 4.79 Å². The van der Waals surface area contributed by atoms with Gasteiger partial charge < -0.3 is 10.2 Å². The largest absolute Gasteiger partial charge is 0.386 e. The standard InChI is InChI=1S/C12H16Cl2N2O/c1-7(2)16(4)12(17)9-5-8(13)6-10(14)11(9)15-3/h5-7,15H,1-4H3. The van der Waals surface area contributed by atoms with Crippen LogP contribution in [0.1, 0.15) is 24.2 Å². The van der Waals surface area contributed by atoms with Crippen molar-refractivity contribution in [1.82, 2.24) is 4.90 Å². The van der Waals surface area contributed by atoms with Crippen molar-refractivity contribution in [3.05, 3.63) is 27.7 Å². The van der Waals surface area contributed by atoms with Crippen LogP contribution in [0.4, 0.5) is 5.69 Å². The summed E-state index contributed by atoms with van der Waals surface area (Å²) in [6.07, 6.45) is 0. The van der Waals surface area contributed by atoms with E-state index in [0.29, 0.717) is 21.3 Å². The Morgan fingerprint density at radius 3 is 2.41 bits per heavy atom. The van der Waals surface area contributed by atoms with Crippen molar-refractivity contribution >= 4 is 34.8 Å². The lowest BCUT2D eigenvalue weighted by Crippen LogP contribution is -2.33. The second-order valence-electron chi connectivity index (χ2n) is 4.07. The second kappa shape index (κ2) is 5.61. The van der Waals surface area contributed by atoms with Crippen LogP contribution in [0.25, 0.3) is 0 Å². The average molecular weight is 275 g/mol. The molecule has 3 nitrogen and oxygen atoms in total. The van der Waals surface area contributed by atoms with E-state index in [1.54, 1.807) is 31.1 Å². The molecule has 0 saturated heterocycles. The molecule has 0 radical (unpaired) electrons. The summed E-state index contributed by atoms with van der Waals surface area (Å²) in [4.78, 5) is 13.9. The van der Waals surface area contributed by atoms with Crippen molar-refractivity contribution < 1.29 is 4.79 Å². The quantitative estimate of drug-likeness (QED) is 0.915. The van der Waals surface area contributed by atoms with Gasteiger partial charge in [-0.15, -0.1) is 0 Å². The van der Waals surface area contributed by atoms with Gasteiger partial charge in [-0.1, -0.05) is 23.2 Å². The maximum Gasteiger partial charge on any atom is 0.256 e. The zero-order valence-electron chi connectivity index (χ0n) is 10.3. The number of halogens is 2. The van der Waals surface area contributed by atoms with Crippen LogP contribution in [0.3, 0.4) is 0 Å². The number of hydrogen-bond donors (Lipinski definition) is 1. The van der Waals surface area contributed by atoms with Crippen molar-refractivity contribution in [2.75, 3.05) is 19.4 Å². The zero-order chi connectivity index (χ0) is 13.2. The lowest BCUT2D eigenvalue weighted by molar-refractivity contribution is 0.0756. The molecule has 17 heavy (non-hydrogen) atoms. The molecule has 94 valence electrons. The van der Waals surface area contributed by atoms with Gasteiger partial charge >= 0.3 is 0 Å². The first-order chi connectivity index (χ1) is 7.88. The Bertz CT molecular complexity index is 433. The molecular formula is C12H16Cl2N2O. The first kappa shape index (κ1) is 14.1. The topological polar surface area (TPSA) is 32.3 Å². The van der Waals surface area contributed by atoms with Crippen LogP contribution in [-0.2, 0) is 0 Å². The normalized spacial score (nSPS) is 10.5. The average Bonchev–Trinajstić information content (AvgIpc) is 2.25. The van der Waals surface area contributed by atoms with Crippen LogP contribution in [-0.4, -0.2) is 30.9 Å². The van der Waals surface area contributed by atoms with Crippen molar-refractivity contribution in [3.8, 4) is 0 Å². The highest BCUT2D eigenvalue weighted by Crippen LogP contribution is 2.30. The molecule has 0 unspecified atom stereocenters. The van der Waals surface area contributed by atoms with Gasteiger partial charge in [0.05, 0.1) is 16.3 Å². The van der Waals surface area contributed by atoms with Crippen LogP contribution in [0.15, 0.2) is 12.1 Å². The van der Waals surface area contributed by atoms with Crippen LogP contribution in [0.2, 0.25) is 10.0 Å². The summed E-state index contributed by atoms with van der Waals surface area (Å²) in [5, 5.41) is 3.83. The number of amides is 1. The molecule has 0 bridgehead atoms. The minimum atomic E-state index is -0.103. The van der Waals surface area contributed by atoms with Crippen LogP contribution < -0.4 is 5.32 Å². The predicted octanol–water partition coefficient (Wildman–Crippen LogP) is 3.52. The van der Waals surface area contributed by atoms with E-state index < -0.39 is 0 Å². The first-order valence-corrected chi connectivity index (χ1v) is 6.08. The summed E-state index contributed by atoms with van der Waals surface area (Å²) in [5.41, 5.74) is 1.09. The van der Waals surface area contributed by atoms with E-state index in [1.807, 2.05) is 13.8 Å². The zero-order valence-corrected chi connectivity index (χ0v) is 11.9. The van der Waals surface area contributed by atoms with Gasteiger partial charge in [-0.2, -0.15) is 0 Å². The third-order valence-electron chi connectivity index (χ3n) is 2.63. The monoisotopic (exact) mass is 274 g/mol. The Kier molecular flexibility index (Phi) is 4.66. The molecule has 1 N–H and O–H groups in total. The molecule has 0 spiro atoms. The molecule has 5 heteroatoms. The smallest absolute Gasteiger partial charge is 0.256 e. The van der Waals surface area contributed by atoms with E-state index >= 15 is 0 Å². The molecule has 1 aromatic carbocycles. The van der Waals surface area contributed by atoms with Gasteiger partial charge in [-0.25, -0.2) is 0 Å². The predicted molar refractivity (Wildman–Crippen MR) is 73.2 cm³/mol. The fraction of sp³-hybridized carbons (Fsp3) is 0.417. The van der Waals surface area contributed by atoms with Crippen molar-refractivity contribution in [1.29, 1.82) is 0 Å². The molecular weight excluding hydrogens is 259 g/mol. The summed E-state index contributed by atoms with van der Waals surface area (Å²) in [5.74, 6) is -0.103. The number of hydrogen-bond acceptors (Lipinski definition) is 2. The SMILES string of the molecule is CNc1c(Cl)cc(Cl)cc1C(=O)N(C)C(C)C. The third kappa shape index (κ3) is 3.05. The molecule has 0 heterocycles. The molecule has 1 aromatic rings. The molecule has 0 aliphatic heterocycles. The summed E-state index contributed by atoms with van der Waals surface area (Å²) < 4.78 is 0. The molecule has 1 rings (SSSR count). The number of nitrogens with zero attached hydrogens (tertiary/aromatic N) is 1. The van der Waals surface area contributed by atoms with E-state index in [0.717, 1.165) is 0 Å². The van der Waals surface area contributed by atoms with Gasteiger partial charge in [-0.3, -0.25) is 4.79 Å². The number of benzene rings is 1. The van der Waals surface area contributed by atoms with Gasteiger partial charge in [0.25, 0.3) is 5.91 Å². The molecule has 0 saturated carbocycles. The minimum absolute atomic E-state index is 0.103. The van der Waals surface area contributed by atoms with Gasteiger partial charge in [0.2, 0.25) is 0 Å². The fourth-order valence-electron chi connectivity index (χ4n) is 1.42. The highest BCUT2D eigenvalue weighted by atomic mass is 35.5. The Labute approximate surface area is 112 Å². The first-order valence-electron chi connectivity index (χ1n) is 5.32. The van der Waals surface area contributed by atoms with E-state index in [4.69, 9.17) is 23.2 Å². The lowest BCUT2D eigenvalue weighted by atomic mass is 10.1. The highest BCUT2D eigenvalue weighted by Gasteiger charge is 2.20. The Morgan fingerprint density at radius 1 is 1.35 bits per heavy atom. The van der Waals surface area contributed by atoms with E-state index in [2.05, 4.69) is 5.32 Å². The van der Waals surface area contributed by atoms with Gasteiger partial charge in [0.1, 0.15) is 0 Å². The van der Waals surface area contributed by atoms with Crippen molar-refractivity contribution in [2.45, 2.75) is 19.9 Å². The molecule has 0 aliphatic carbocycles. The minimum Gasteiger partial charge on any atom is -0.386 e. The number of carbonyl (C=O) groups is 1.